The average molecular weight is 350 g/mol. The van der Waals surface area contributed by atoms with Crippen molar-refractivity contribution >= 4 is 34.9 Å². The molecule has 4 N–H and O–H groups in total. The summed E-state index contributed by atoms with van der Waals surface area (Å²) in [6.45, 7) is 0. The second kappa shape index (κ2) is 7.56. The quantitative estimate of drug-likeness (QED) is 0.771. The highest BCUT2D eigenvalue weighted by atomic mass is 35.5. The molecule has 0 fully saturated rings. The summed E-state index contributed by atoms with van der Waals surface area (Å²) >= 11 is 6.03. The Kier molecular flexibility index (Phi) is 5.49. The van der Waals surface area contributed by atoms with Gasteiger partial charge in [0.25, 0.3) is 5.91 Å². The van der Waals surface area contributed by atoms with Crippen LogP contribution < -0.4 is 25.8 Å². The molecule has 0 saturated carbocycles. The first-order valence-corrected chi connectivity index (χ1v) is 7.21. The monoisotopic (exact) mass is 349 g/mol. The zero-order chi connectivity index (χ0) is 17.7. The van der Waals surface area contributed by atoms with Gasteiger partial charge in [0.1, 0.15) is 11.5 Å². The fraction of sp³-hybridized carbons (Fsp3) is 0.125. The van der Waals surface area contributed by atoms with E-state index in [4.69, 9.17) is 26.8 Å². The Hall–Kier alpha value is -2.93. The van der Waals surface area contributed by atoms with Crippen molar-refractivity contribution in [1.29, 1.82) is 0 Å². The second-order valence-electron chi connectivity index (χ2n) is 4.71. The van der Waals surface area contributed by atoms with Gasteiger partial charge in [-0.3, -0.25) is 4.79 Å². The van der Waals surface area contributed by atoms with E-state index in [1.807, 2.05) is 0 Å². The number of nitrogens with two attached hydrogens (primary N) is 1. The number of benzene rings is 2. The van der Waals surface area contributed by atoms with E-state index in [2.05, 4.69) is 10.6 Å². The van der Waals surface area contributed by atoms with Crippen molar-refractivity contribution in [1.82, 2.24) is 0 Å². The molecule has 0 saturated heterocycles. The number of halogens is 1. The van der Waals surface area contributed by atoms with E-state index in [0.717, 1.165) is 0 Å². The molecule has 2 rings (SSSR count). The minimum Gasteiger partial charge on any atom is -0.495 e. The molecule has 0 bridgehead atoms. The SMILES string of the molecule is COc1cc(NC(=O)c2cccc(NC(N)=O)c2)c(OC)cc1Cl. The fourth-order valence-electron chi connectivity index (χ4n) is 2.03. The molecule has 126 valence electrons. The van der Waals surface area contributed by atoms with Crippen LogP contribution in [-0.2, 0) is 0 Å². The van der Waals surface area contributed by atoms with Gasteiger partial charge in [-0.1, -0.05) is 17.7 Å². The highest BCUT2D eigenvalue weighted by Gasteiger charge is 2.14. The van der Waals surface area contributed by atoms with Crippen molar-refractivity contribution in [3.8, 4) is 11.5 Å². The predicted octanol–water partition coefficient (Wildman–Crippen LogP) is 3.10. The van der Waals surface area contributed by atoms with Gasteiger partial charge in [-0.15, -0.1) is 0 Å². The van der Waals surface area contributed by atoms with E-state index in [9.17, 15) is 9.59 Å². The number of nitrogens with one attached hydrogen (secondary N) is 2. The van der Waals surface area contributed by atoms with Crippen LogP contribution in [0.25, 0.3) is 0 Å². The third kappa shape index (κ3) is 4.08. The minimum atomic E-state index is -0.711. The van der Waals surface area contributed by atoms with Crippen molar-refractivity contribution in [2.24, 2.45) is 5.73 Å². The van der Waals surface area contributed by atoms with Gasteiger partial charge in [0, 0.05) is 23.4 Å². The number of anilines is 2. The van der Waals surface area contributed by atoms with E-state index < -0.39 is 11.9 Å². The second-order valence-corrected chi connectivity index (χ2v) is 5.12. The van der Waals surface area contributed by atoms with Crippen LogP contribution in [0.4, 0.5) is 16.2 Å². The van der Waals surface area contributed by atoms with Crippen molar-refractivity contribution in [3.05, 3.63) is 47.0 Å². The molecular formula is C16H16ClN3O4. The normalized spacial score (nSPS) is 9.96. The maximum atomic E-state index is 12.4. The first-order valence-electron chi connectivity index (χ1n) is 6.84. The summed E-state index contributed by atoms with van der Waals surface area (Å²) in [5.74, 6) is 0.392. The van der Waals surface area contributed by atoms with Crippen molar-refractivity contribution in [2.45, 2.75) is 0 Å². The molecule has 8 heteroatoms. The van der Waals surface area contributed by atoms with Crippen molar-refractivity contribution < 1.29 is 19.1 Å². The number of amides is 3. The number of urea groups is 1. The summed E-state index contributed by atoms with van der Waals surface area (Å²) in [4.78, 5) is 23.3. The van der Waals surface area contributed by atoms with E-state index >= 15 is 0 Å². The van der Waals surface area contributed by atoms with Crippen LogP contribution in [0.2, 0.25) is 5.02 Å². The molecule has 2 aromatic rings. The molecule has 0 aliphatic heterocycles. The molecule has 24 heavy (non-hydrogen) atoms. The molecule has 0 atom stereocenters. The summed E-state index contributed by atoms with van der Waals surface area (Å²) in [7, 11) is 2.93. The van der Waals surface area contributed by atoms with Crippen LogP contribution >= 0.6 is 11.6 Å². The molecule has 0 unspecified atom stereocenters. The lowest BCUT2D eigenvalue weighted by Crippen LogP contribution is -2.20. The largest absolute Gasteiger partial charge is 0.495 e. The van der Waals surface area contributed by atoms with E-state index in [0.29, 0.717) is 33.5 Å². The van der Waals surface area contributed by atoms with Gasteiger partial charge in [-0.25, -0.2) is 4.79 Å². The molecule has 0 spiro atoms. The topological polar surface area (TPSA) is 103 Å². The lowest BCUT2D eigenvalue weighted by atomic mass is 10.1. The van der Waals surface area contributed by atoms with E-state index in [1.54, 1.807) is 30.3 Å². The molecule has 0 heterocycles. The summed E-state index contributed by atoms with van der Waals surface area (Å²) in [6.07, 6.45) is 0. The van der Waals surface area contributed by atoms with Crippen LogP contribution in [-0.4, -0.2) is 26.2 Å². The van der Waals surface area contributed by atoms with Crippen LogP contribution in [0, 0.1) is 0 Å². The number of ether oxygens (including phenoxy) is 2. The third-order valence-electron chi connectivity index (χ3n) is 3.11. The van der Waals surface area contributed by atoms with Crippen LogP contribution in [0.15, 0.2) is 36.4 Å². The maximum Gasteiger partial charge on any atom is 0.316 e. The number of primary amides is 1. The number of carbonyl (C=O) groups excluding carboxylic acids is 2. The Balaban J connectivity index is 2.28. The van der Waals surface area contributed by atoms with Gasteiger partial charge in [0.2, 0.25) is 0 Å². The molecule has 3 amide bonds. The van der Waals surface area contributed by atoms with E-state index in [1.165, 1.54) is 20.3 Å². The first kappa shape index (κ1) is 17.4. The van der Waals surface area contributed by atoms with E-state index in [-0.39, 0.29) is 0 Å². The van der Waals surface area contributed by atoms with Crippen molar-refractivity contribution in [3.63, 3.8) is 0 Å². The van der Waals surface area contributed by atoms with Crippen molar-refractivity contribution in [2.75, 3.05) is 24.9 Å². The Morgan fingerprint density at radius 1 is 1.04 bits per heavy atom. The van der Waals surface area contributed by atoms with Crippen LogP contribution in [0.3, 0.4) is 0 Å². The highest BCUT2D eigenvalue weighted by molar-refractivity contribution is 6.32. The number of methoxy groups -OCH3 is 2. The summed E-state index contributed by atoms with van der Waals surface area (Å²) in [5, 5.41) is 5.48. The first-order chi connectivity index (χ1) is 11.4. The Morgan fingerprint density at radius 2 is 1.75 bits per heavy atom. The number of rotatable bonds is 5. The molecule has 7 nitrogen and oxygen atoms in total. The zero-order valence-corrected chi connectivity index (χ0v) is 13.8. The Morgan fingerprint density at radius 3 is 2.38 bits per heavy atom. The minimum absolute atomic E-state index is 0.331. The summed E-state index contributed by atoms with van der Waals surface area (Å²) in [6, 6.07) is 8.73. The Labute approximate surface area is 143 Å². The van der Waals surface area contributed by atoms with Crippen LogP contribution in [0.5, 0.6) is 11.5 Å². The van der Waals surface area contributed by atoms with Gasteiger partial charge in [0.05, 0.1) is 24.9 Å². The number of carbonyl (C=O) groups is 2. The third-order valence-corrected chi connectivity index (χ3v) is 3.41. The van der Waals surface area contributed by atoms with Crippen LogP contribution in [0.1, 0.15) is 10.4 Å². The molecule has 0 aliphatic carbocycles. The zero-order valence-electron chi connectivity index (χ0n) is 13.1. The van der Waals surface area contributed by atoms with Gasteiger partial charge in [-0.2, -0.15) is 0 Å². The summed E-state index contributed by atoms with van der Waals surface area (Å²) < 4.78 is 10.3. The predicted molar refractivity (Wildman–Crippen MR) is 92.2 cm³/mol. The van der Waals surface area contributed by atoms with Gasteiger partial charge >= 0.3 is 6.03 Å². The van der Waals surface area contributed by atoms with Gasteiger partial charge in [0.15, 0.2) is 0 Å². The molecule has 2 aromatic carbocycles. The lowest BCUT2D eigenvalue weighted by molar-refractivity contribution is 0.102. The smallest absolute Gasteiger partial charge is 0.316 e. The molecular weight excluding hydrogens is 334 g/mol. The number of hydrogen-bond acceptors (Lipinski definition) is 4. The number of hydrogen-bond donors (Lipinski definition) is 3. The maximum absolute atomic E-state index is 12.4. The molecule has 0 aromatic heterocycles. The highest BCUT2D eigenvalue weighted by Crippen LogP contribution is 2.36. The lowest BCUT2D eigenvalue weighted by Gasteiger charge is -2.13. The van der Waals surface area contributed by atoms with Gasteiger partial charge in [-0.05, 0) is 18.2 Å². The average Bonchev–Trinajstić information content (AvgIpc) is 2.55. The van der Waals surface area contributed by atoms with Gasteiger partial charge < -0.3 is 25.8 Å². The summed E-state index contributed by atoms with van der Waals surface area (Å²) in [5.41, 5.74) is 6.21. The Bertz CT molecular complexity index is 780. The molecule has 0 radical (unpaired) electrons. The fourth-order valence-corrected chi connectivity index (χ4v) is 2.26. The molecule has 0 aliphatic rings. The standard InChI is InChI=1S/C16H16ClN3O4/c1-23-13-8-12(14(24-2)7-11(13)17)20-15(21)9-4-3-5-10(6-9)19-16(18)22/h3-8H,1-2H3,(H,20,21)(H3,18,19,22).